The average Bonchev–Trinajstić information content (AvgIpc) is 2.40. The summed E-state index contributed by atoms with van der Waals surface area (Å²) < 4.78 is 6.50. The minimum atomic E-state index is -0.585. The second-order valence-corrected chi connectivity index (χ2v) is 6.31. The van der Waals surface area contributed by atoms with E-state index in [0.29, 0.717) is 12.3 Å². The summed E-state index contributed by atoms with van der Waals surface area (Å²) in [7, 11) is 0. The summed E-state index contributed by atoms with van der Waals surface area (Å²) in [5.74, 6) is 0.726. The van der Waals surface area contributed by atoms with Gasteiger partial charge in [-0.05, 0) is 47.8 Å². The largest absolute Gasteiger partial charge is 0.480 e. The number of hydrogen-bond donors (Lipinski definition) is 2. The van der Waals surface area contributed by atoms with Gasteiger partial charge in [0, 0.05) is 6.54 Å². The highest BCUT2D eigenvalue weighted by atomic mass is 79.9. The van der Waals surface area contributed by atoms with Gasteiger partial charge in [0.25, 0.3) is 5.91 Å². The van der Waals surface area contributed by atoms with Gasteiger partial charge in [-0.15, -0.1) is 12.4 Å². The zero-order valence-electron chi connectivity index (χ0n) is 12.9. The quantitative estimate of drug-likeness (QED) is 0.798. The normalized spacial score (nSPS) is 14.8. The Morgan fingerprint density at radius 1 is 1.38 bits per heavy atom. The molecule has 1 aromatic carbocycles. The first kappa shape index (κ1) is 20.2. The van der Waals surface area contributed by atoms with E-state index >= 15 is 0 Å². The van der Waals surface area contributed by atoms with Crippen LogP contribution in [0.5, 0.6) is 5.75 Å². The third-order valence-electron chi connectivity index (χ3n) is 3.62. The molecule has 0 radical (unpaired) electrons. The van der Waals surface area contributed by atoms with Crippen LogP contribution in [0, 0.1) is 5.92 Å². The van der Waals surface area contributed by atoms with Gasteiger partial charge in [0.1, 0.15) is 5.75 Å². The lowest BCUT2D eigenvalue weighted by Gasteiger charge is -2.34. The zero-order chi connectivity index (χ0) is 15.3. The van der Waals surface area contributed by atoms with E-state index < -0.39 is 11.6 Å². The maximum absolute atomic E-state index is 12.2. The highest BCUT2D eigenvalue weighted by Gasteiger charge is 2.30. The van der Waals surface area contributed by atoms with Crippen molar-refractivity contribution in [3.8, 4) is 5.75 Å². The summed E-state index contributed by atoms with van der Waals surface area (Å²) in [4.78, 5) is 12.2. The molecule has 3 N–H and O–H groups in total. The van der Waals surface area contributed by atoms with Crippen molar-refractivity contribution in [3.63, 3.8) is 0 Å². The van der Waals surface area contributed by atoms with Gasteiger partial charge < -0.3 is 15.8 Å². The molecule has 0 aliphatic heterocycles. The van der Waals surface area contributed by atoms with Crippen molar-refractivity contribution in [2.45, 2.75) is 39.3 Å². The number of amides is 1. The van der Waals surface area contributed by atoms with Crippen molar-refractivity contribution in [2.75, 3.05) is 6.54 Å². The smallest absolute Gasteiger partial charge is 0.261 e. The summed E-state index contributed by atoms with van der Waals surface area (Å²) in [5.41, 5.74) is 5.34. The molecular formula is C15H24BrClN2O2. The summed E-state index contributed by atoms with van der Waals surface area (Å²) in [5, 5.41) is 2.98. The van der Waals surface area contributed by atoms with Gasteiger partial charge in [-0.1, -0.05) is 26.0 Å². The lowest BCUT2D eigenvalue weighted by molar-refractivity contribution is -0.129. The van der Waals surface area contributed by atoms with Crippen LogP contribution in [0.3, 0.4) is 0 Å². The average molecular weight is 380 g/mol. The summed E-state index contributed by atoms with van der Waals surface area (Å²) >= 11 is 3.40. The molecule has 2 unspecified atom stereocenters. The molecule has 0 heterocycles. The van der Waals surface area contributed by atoms with E-state index in [0.717, 1.165) is 4.47 Å². The van der Waals surface area contributed by atoms with E-state index in [1.54, 1.807) is 6.92 Å². The first-order valence-electron chi connectivity index (χ1n) is 6.73. The number of nitrogens with one attached hydrogen (secondary N) is 1. The topological polar surface area (TPSA) is 64.3 Å². The van der Waals surface area contributed by atoms with E-state index in [4.69, 9.17) is 10.5 Å². The number of hydrogen-bond acceptors (Lipinski definition) is 3. The number of benzene rings is 1. The fraction of sp³-hybridized carbons (Fsp3) is 0.533. The van der Waals surface area contributed by atoms with Gasteiger partial charge in [0.2, 0.25) is 0 Å². The zero-order valence-corrected chi connectivity index (χ0v) is 15.3. The minimum absolute atomic E-state index is 0. The molecule has 0 bridgehead atoms. The van der Waals surface area contributed by atoms with E-state index in [-0.39, 0.29) is 24.2 Å². The summed E-state index contributed by atoms with van der Waals surface area (Å²) in [6.07, 6.45) is -0.585. The van der Waals surface area contributed by atoms with Gasteiger partial charge in [-0.3, -0.25) is 4.79 Å². The number of para-hydroxylation sites is 1. The van der Waals surface area contributed by atoms with Gasteiger partial charge in [0.15, 0.2) is 6.10 Å². The molecule has 0 fully saturated rings. The van der Waals surface area contributed by atoms with Gasteiger partial charge in [-0.25, -0.2) is 0 Å². The van der Waals surface area contributed by atoms with Crippen LogP contribution in [-0.4, -0.2) is 24.1 Å². The fourth-order valence-corrected chi connectivity index (χ4v) is 1.98. The number of halogens is 2. The Morgan fingerprint density at radius 2 is 1.95 bits per heavy atom. The third-order valence-corrected chi connectivity index (χ3v) is 4.27. The number of carbonyl (C=O) groups excluding carboxylic acids is 1. The minimum Gasteiger partial charge on any atom is -0.480 e. The molecule has 6 heteroatoms. The molecule has 0 aliphatic carbocycles. The Kier molecular flexibility index (Phi) is 8.29. The molecule has 0 aliphatic rings. The highest BCUT2D eigenvalue weighted by molar-refractivity contribution is 9.10. The number of ether oxygens (including phenoxy) is 1. The lowest BCUT2D eigenvalue weighted by atomic mass is 9.88. The molecule has 0 spiro atoms. The van der Waals surface area contributed by atoms with Crippen molar-refractivity contribution in [3.05, 3.63) is 28.7 Å². The summed E-state index contributed by atoms with van der Waals surface area (Å²) in [6, 6.07) is 7.45. The van der Waals surface area contributed by atoms with Crippen LogP contribution in [0.4, 0.5) is 0 Å². The fourth-order valence-electron chi connectivity index (χ4n) is 1.60. The molecule has 2 atom stereocenters. The van der Waals surface area contributed by atoms with E-state index in [1.165, 1.54) is 0 Å². The van der Waals surface area contributed by atoms with Crippen molar-refractivity contribution < 1.29 is 9.53 Å². The lowest BCUT2D eigenvalue weighted by Crippen LogP contribution is -2.57. The Balaban J connectivity index is 0.00000400. The van der Waals surface area contributed by atoms with Gasteiger partial charge in [-0.2, -0.15) is 0 Å². The van der Waals surface area contributed by atoms with Crippen molar-refractivity contribution >= 4 is 34.2 Å². The van der Waals surface area contributed by atoms with Crippen LogP contribution >= 0.6 is 28.3 Å². The molecule has 1 amide bonds. The Morgan fingerprint density at radius 3 is 2.43 bits per heavy atom. The number of nitrogens with two attached hydrogens (primary N) is 1. The van der Waals surface area contributed by atoms with Crippen molar-refractivity contribution in [1.29, 1.82) is 0 Å². The first-order valence-corrected chi connectivity index (χ1v) is 7.52. The van der Waals surface area contributed by atoms with Gasteiger partial charge in [0.05, 0.1) is 10.0 Å². The SMILES string of the molecule is CC(Oc1ccccc1Br)C(=O)NC(C)(CN)C(C)C.Cl. The van der Waals surface area contributed by atoms with Crippen LogP contribution in [-0.2, 0) is 4.79 Å². The number of carbonyl (C=O) groups is 1. The predicted octanol–water partition coefficient (Wildman–Crippen LogP) is 3.13. The van der Waals surface area contributed by atoms with Crippen molar-refractivity contribution in [2.24, 2.45) is 11.7 Å². The van der Waals surface area contributed by atoms with Crippen LogP contribution in [0.25, 0.3) is 0 Å². The monoisotopic (exact) mass is 378 g/mol. The number of rotatable bonds is 6. The molecule has 0 saturated carbocycles. The molecule has 0 saturated heterocycles. The van der Waals surface area contributed by atoms with E-state index in [9.17, 15) is 4.79 Å². The van der Waals surface area contributed by atoms with Gasteiger partial charge >= 0.3 is 0 Å². The van der Waals surface area contributed by atoms with Crippen LogP contribution in [0.2, 0.25) is 0 Å². The second kappa shape index (κ2) is 8.61. The second-order valence-electron chi connectivity index (χ2n) is 5.46. The molecule has 1 aromatic rings. The van der Waals surface area contributed by atoms with Crippen LogP contribution in [0.15, 0.2) is 28.7 Å². The maximum Gasteiger partial charge on any atom is 0.261 e. The van der Waals surface area contributed by atoms with Crippen molar-refractivity contribution in [1.82, 2.24) is 5.32 Å². The third kappa shape index (κ3) is 5.49. The Labute approximate surface area is 141 Å². The maximum atomic E-state index is 12.2. The molecule has 120 valence electrons. The Bertz CT molecular complexity index is 471. The molecule has 1 rings (SSSR count). The predicted molar refractivity (Wildman–Crippen MR) is 91.9 cm³/mol. The standard InChI is InChI=1S/C15H23BrN2O2.ClH/c1-10(2)15(4,9-17)18-14(19)11(3)20-13-8-6-5-7-12(13)16;/h5-8,10-11H,9,17H2,1-4H3,(H,18,19);1H. The van der Waals surface area contributed by atoms with E-state index in [1.807, 2.05) is 45.0 Å². The van der Waals surface area contributed by atoms with Crippen LogP contribution < -0.4 is 15.8 Å². The summed E-state index contributed by atoms with van der Waals surface area (Å²) in [6.45, 7) is 8.13. The molecule has 4 nitrogen and oxygen atoms in total. The molecular weight excluding hydrogens is 356 g/mol. The highest BCUT2D eigenvalue weighted by Crippen LogP contribution is 2.25. The molecule has 0 aromatic heterocycles. The first-order chi connectivity index (χ1) is 9.30. The molecule has 21 heavy (non-hydrogen) atoms. The Hall–Kier alpha value is -0.780. The van der Waals surface area contributed by atoms with E-state index in [2.05, 4.69) is 21.2 Å². The van der Waals surface area contributed by atoms with Crippen LogP contribution in [0.1, 0.15) is 27.7 Å².